The second-order valence-electron chi connectivity index (χ2n) is 1.99. The Hall–Kier alpha value is -1.16. The molecule has 1 aromatic rings. The lowest BCUT2D eigenvalue weighted by Crippen LogP contribution is -1.99. The van der Waals surface area contributed by atoms with Crippen molar-refractivity contribution in [2.45, 2.75) is 6.42 Å². The number of carbonyl (C=O) groups excluding carboxylic acids is 1. The molecule has 11 heavy (non-hydrogen) atoms. The molecule has 1 aromatic heterocycles. The molecule has 0 aromatic carbocycles. The first kappa shape index (κ1) is 7.94. The van der Waals surface area contributed by atoms with Gasteiger partial charge in [0.1, 0.15) is 0 Å². The fourth-order valence-corrected chi connectivity index (χ4v) is 1.57. The third kappa shape index (κ3) is 1.88. The van der Waals surface area contributed by atoms with Crippen LogP contribution in [0.25, 0.3) is 0 Å². The molecule has 0 saturated heterocycles. The topological polar surface area (TPSA) is 54.4 Å². The summed E-state index contributed by atoms with van der Waals surface area (Å²) in [5.74, 6) is -0.907. The SMILES string of the molecule is O=Cc1ccsc1CC(=O)O. The summed E-state index contributed by atoms with van der Waals surface area (Å²) in [6, 6.07) is 1.62. The molecular formula is C7H6O3S. The van der Waals surface area contributed by atoms with Gasteiger partial charge in [0.2, 0.25) is 0 Å². The molecule has 0 atom stereocenters. The van der Waals surface area contributed by atoms with Crippen molar-refractivity contribution in [3.05, 3.63) is 21.9 Å². The summed E-state index contributed by atoms with van der Waals surface area (Å²) >= 11 is 1.29. The van der Waals surface area contributed by atoms with Gasteiger partial charge in [-0.25, -0.2) is 0 Å². The van der Waals surface area contributed by atoms with Gasteiger partial charge in [-0.2, -0.15) is 0 Å². The zero-order chi connectivity index (χ0) is 8.27. The second-order valence-corrected chi connectivity index (χ2v) is 2.99. The molecule has 0 aliphatic carbocycles. The average Bonchev–Trinajstić information content (AvgIpc) is 2.34. The smallest absolute Gasteiger partial charge is 0.308 e. The number of aliphatic carboxylic acids is 1. The molecule has 1 N–H and O–H groups in total. The van der Waals surface area contributed by atoms with E-state index in [1.165, 1.54) is 11.3 Å². The minimum absolute atomic E-state index is 0.0638. The number of hydrogen-bond acceptors (Lipinski definition) is 3. The van der Waals surface area contributed by atoms with Gasteiger partial charge in [-0.3, -0.25) is 9.59 Å². The standard InChI is InChI=1S/C7H6O3S/c8-4-5-1-2-11-6(5)3-7(9)10/h1-2,4H,3H2,(H,9,10). The number of carboxylic acids is 1. The molecule has 1 rings (SSSR count). The van der Waals surface area contributed by atoms with E-state index in [0.29, 0.717) is 16.7 Å². The van der Waals surface area contributed by atoms with E-state index in [1.807, 2.05) is 0 Å². The molecule has 0 aliphatic rings. The van der Waals surface area contributed by atoms with Crippen molar-refractivity contribution in [2.24, 2.45) is 0 Å². The number of rotatable bonds is 3. The number of carboxylic acid groups (broad SMARTS) is 1. The van der Waals surface area contributed by atoms with Gasteiger partial charge < -0.3 is 5.11 Å². The molecule has 0 spiro atoms. The lowest BCUT2D eigenvalue weighted by Gasteiger charge is -1.90. The third-order valence-electron chi connectivity index (χ3n) is 1.22. The predicted molar refractivity (Wildman–Crippen MR) is 41.0 cm³/mol. The first-order valence-corrected chi connectivity index (χ1v) is 3.85. The molecule has 4 heteroatoms. The summed E-state index contributed by atoms with van der Waals surface area (Å²) in [5, 5.41) is 10.1. The normalized spacial score (nSPS) is 9.45. The van der Waals surface area contributed by atoms with Crippen molar-refractivity contribution in [1.29, 1.82) is 0 Å². The van der Waals surface area contributed by atoms with Crippen LogP contribution in [0.3, 0.4) is 0 Å². The van der Waals surface area contributed by atoms with Gasteiger partial charge >= 0.3 is 5.97 Å². The predicted octanol–water partition coefficient (Wildman–Crippen LogP) is 1.19. The van der Waals surface area contributed by atoms with Gasteiger partial charge in [0.25, 0.3) is 0 Å². The zero-order valence-corrected chi connectivity index (χ0v) is 6.43. The van der Waals surface area contributed by atoms with Crippen molar-refractivity contribution < 1.29 is 14.7 Å². The Bertz CT molecular complexity index is 277. The highest BCUT2D eigenvalue weighted by Crippen LogP contribution is 2.15. The zero-order valence-electron chi connectivity index (χ0n) is 5.61. The summed E-state index contributed by atoms with van der Waals surface area (Å²) in [6.07, 6.45) is 0.612. The molecule has 3 nitrogen and oxygen atoms in total. The second kappa shape index (κ2) is 3.30. The fourth-order valence-electron chi connectivity index (χ4n) is 0.737. The van der Waals surface area contributed by atoms with Gasteiger partial charge in [-0.05, 0) is 11.4 Å². The molecule has 0 amide bonds. The quantitative estimate of drug-likeness (QED) is 0.693. The highest BCUT2D eigenvalue weighted by atomic mass is 32.1. The van der Waals surface area contributed by atoms with Crippen molar-refractivity contribution in [3.63, 3.8) is 0 Å². The maximum Gasteiger partial charge on any atom is 0.308 e. The highest BCUT2D eigenvalue weighted by molar-refractivity contribution is 7.10. The van der Waals surface area contributed by atoms with E-state index in [1.54, 1.807) is 11.4 Å². The Morgan fingerprint density at radius 3 is 3.00 bits per heavy atom. The highest BCUT2D eigenvalue weighted by Gasteiger charge is 2.06. The number of thiophene rings is 1. The monoisotopic (exact) mass is 170 g/mol. The van der Waals surface area contributed by atoms with Gasteiger partial charge in [0.05, 0.1) is 6.42 Å². The molecule has 1 heterocycles. The Balaban J connectivity index is 2.84. The molecule has 0 bridgehead atoms. The minimum Gasteiger partial charge on any atom is -0.481 e. The van der Waals surface area contributed by atoms with E-state index in [2.05, 4.69) is 0 Å². The summed E-state index contributed by atoms with van der Waals surface area (Å²) in [4.78, 5) is 21.1. The van der Waals surface area contributed by atoms with Crippen LogP contribution in [0.4, 0.5) is 0 Å². The van der Waals surface area contributed by atoms with Gasteiger partial charge in [0, 0.05) is 10.4 Å². The van der Waals surface area contributed by atoms with Crippen LogP contribution in [0.1, 0.15) is 15.2 Å². The van der Waals surface area contributed by atoms with Crippen molar-refractivity contribution >= 4 is 23.6 Å². The Morgan fingerprint density at radius 2 is 2.45 bits per heavy atom. The third-order valence-corrected chi connectivity index (χ3v) is 2.16. The Labute approximate surface area is 67.3 Å². The van der Waals surface area contributed by atoms with Crippen LogP contribution < -0.4 is 0 Å². The average molecular weight is 170 g/mol. The first-order valence-electron chi connectivity index (χ1n) is 2.97. The maximum atomic E-state index is 10.3. The van der Waals surface area contributed by atoms with Gasteiger partial charge in [-0.1, -0.05) is 0 Å². The largest absolute Gasteiger partial charge is 0.481 e. The fraction of sp³-hybridized carbons (Fsp3) is 0.143. The van der Waals surface area contributed by atoms with Crippen LogP contribution in [0.2, 0.25) is 0 Å². The maximum absolute atomic E-state index is 10.3. The molecule has 0 radical (unpaired) electrons. The summed E-state index contributed by atoms with van der Waals surface area (Å²) in [6.45, 7) is 0. The molecule has 0 unspecified atom stereocenters. The van der Waals surface area contributed by atoms with E-state index in [4.69, 9.17) is 5.11 Å². The Kier molecular flexibility index (Phi) is 2.38. The lowest BCUT2D eigenvalue weighted by atomic mass is 10.2. The van der Waals surface area contributed by atoms with E-state index in [-0.39, 0.29) is 6.42 Å². The van der Waals surface area contributed by atoms with Crippen LogP contribution in [0.5, 0.6) is 0 Å². The molecule has 0 aliphatic heterocycles. The van der Waals surface area contributed by atoms with Crippen LogP contribution in [0, 0.1) is 0 Å². The van der Waals surface area contributed by atoms with Crippen LogP contribution in [0.15, 0.2) is 11.4 Å². The van der Waals surface area contributed by atoms with Crippen molar-refractivity contribution in [1.82, 2.24) is 0 Å². The number of carbonyl (C=O) groups is 2. The van der Waals surface area contributed by atoms with Crippen molar-refractivity contribution in [3.8, 4) is 0 Å². The van der Waals surface area contributed by atoms with Crippen molar-refractivity contribution in [2.75, 3.05) is 0 Å². The van der Waals surface area contributed by atoms with E-state index < -0.39 is 5.97 Å². The van der Waals surface area contributed by atoms with Crippen LogP contribution in [-0.2, 0) is 11.2 Å². The van der Waals surface area contributed by atoms with Gasteiger partial charge in [-0.15, -0.1) is 11.3 Å². The number of aldehydes is 1. The van der Waals surface area contributed by atoms with Gasteiger partial charge in [0.15, 0.2) is 6.29 Å². The molecule has 0 fully saturated rings. The summed E-state index contributed by atoms with van der Waals surface area (Å²) in [7, 11) is 0. The summed E-state index contributed by atoms with van der Waals surface area (Å²) < 4.78 is 0. The van der Waals surface area contributed by atoms with E-state index in [9.17, 15) is 9.59 Å². The number of hydrogen-bond donors (Lipinski definition) is 1. The lowest BCUT2D eigenvalue weighted by molar-refractivity contribution is -0.136. The molecular weight excluding hydrogens is 164 g/mol. The van der Waals surface area contributed by atoms with E-state index in [0.717, 1.165) is 0 Å². The summed E-state index contributed by atoms with van der Waals surface area (Å²) in [5.41, 5.74) is 0.484. The van der Waals surface area contributed by atoms with Crippen LogP contribution >= 0.6 is 11.3 Å². The molecule has 58 valence electrons. The Morgan fingerprint density at radius 1 is 1.73 bits per heavy atom. The van der Waals surface area contributed by atoms with E-state index >= 15 is 0 Å². The molecule has 0 saturated carbocycles. The minimum atomic E-state index is -0.907. The van der Waals surface area contributed by atoms with Crippen LogP contribution in [-0.4, -0.2) is 17.4 Å². The first-order chi connectivity index (χ1) is 5.24.